The summed E-state index contributed by atoms with van der Waals surface area (Å²) >= 11 is 0.792. The predicted octanol–water partition coefficient (Wildman–Crippen LogP) is 5.00. The first-order valence-corrected chi connectivity index (χ1v) is 9.73. The van der Waals surface area contributed by atoms with Crippen molar-refractivity contribution in [2.75, 3.05) is 7.11 Å². The quantitative estimate of drug-likeness (QED) is 0.510. The second kappa shape index (κ2) is 8.69. The molecule has 1 aliphatic carbocycles. The van der Waals surface area contributed by atoms with Crippen LogP contribution in [0.3, 0.4) is 0 Å². The molecule has 7 heteroatoms. The minimum atomic E-state index is -0.735. The minimum Gasteiger partial charge on any atom is -0.474 e. The number of ether oxygens (including phenoxy) is 2. The van der Waals surface area contributed by atoms with Crippen LogP contribution in [0.2, 0.25) is 0 Å². The van der Waals surface area contributed by atoms with Crippen molar-refractivity contribution in [1.29, 1.82) is 0 Å². The van der Waals surface area contributed by atoms with Crippen molar-refractivity contribution >= 4 is 17.7 Å². The van der Waals surface area contributed by atoms with Crippen LogP contribution < -0.4 is 4.74 Å². The second-order valence-corrected chi connectivity index (χ2v) is 7.78. The number of hydrogen-bond acceptors (Lipinski definition) is 5. The zero-order chi connectivity index (χ0) is 19.4. The number of methoxy groups -OCH3 is 1. The number of halogens is 2. The van der Waals surface area contributed by atoms with Gasteiger partial charge in [-0.3, -0.25) is 4.79 Å². The lowest BCUT2D eigenvalue weighted by atomic mass is 10.1. The molecule has 0 bridgehead atoms. The summed E-state index contributed by atoms with van der Waals surface area (Å²) in [6.07, 6.45) is 5.83. The highest BCUT2D eigenvalue weighted by atomic mass is 32.2. The molecule has 1 aromatic carbocycles. The van der Waals surface area contributed by atoms with Gasteiger partial charge in [0.05, 0.1) is 12.0 Å². The number of carbonyl (C=O) groups excluding carboxylic acids is 1. The highest BCUT2D eigenvalue weighted by molar-refractivity contribution is 8.00. The lowest BCUT2D eigenvalue weighted by Crippen LogP contribution is -2.15. The Labute approximate surface area is 161 Å². The van der Waals surface area contributed by atoms with E-state index >= 15 is 0 Å². The Morgan fingerprint density at radius 1 is 1.26 bits per heavy atom. The number of hydrogen-bond donors (Lipinski definition) is 0. The van der Waals surface area contributed by atoms with Crippen LogP contribution in [-0.2, 0) is 9.53 Å². The summed E-state index contributed by atoms with van der Waals surface area (Å²) in [6.45, 7) is 1.54. The first-order chi connectivity index (χ1) is 13.0. The van der Waals surface area contributed by atoms with Gasteiger partial charge in [0.15, 0.2) is 0 Å². The van der Waals surface area contributed by atoms with Crippen molar-refractivity contribution in [2.45, 2.75) is 48.9 Å². The van der Waals surface area contributed by atoms with E-state index in [0.717, 1.165) is 37.4 Å². The van der Waals surface area contributed by atoms with Gasteiger partial charge in [0.1, 0.15) is 23.0 Å². The predicted molar refractivity (Wildman–Crippen MR) is 99.8 cm³/mol. The van der Waals surface area contributed by atoms with E-state index in [4.69, 9.17) is 4.74 Å². The van der Waals surface area contributed by atoms with Crippen molar-refractivity contribution in [3.05, 3.63) is 42.1 Å². The molecule has 0 amide bonds. The average molecular weight is 393 g/mol. The lowest BCUT2D eigenvalue weighted by molar-refractivity contribution is -0.139. The van der Waals surface area contributed by atoms with Crippen molar-refractivity contribution in [2.24, 2.45) is 0 Å². The van der Waals surface area contributed by atoms with Crippen LogP contribution in [0.25, 0.3) is 11.1 Å². The molecule has 1 heterocycles. The van der Waals surface area contributed by atoms with Gasteiger partial charge < -0.3 is 9.47 Å². The molecule has 1 saturated carbocycles. The van der Waals surface area contributed by atoms with Gasteiger partial charge in [-0.1, -0.05) is 0 Å². The first kappa shape index (κ1) is 19.6. The third-order valence-electron chi connectivity index (χ3n) is 4.49. The first-order valence-electron chi connectivity index (χ1n) is 8.85. The second-order valence-electron chi connectivity index (χ2n) is 6.43. The number of aromatic nitrogens is 1. The maximum absolute atomic E-state index is 14.6. The van der Waals surface area contributed by atoms with Gasteiger partial charge >= 0.3 is 5.97 Å². The van der Waals surface area contributed by atoms with E-state index in [9.17, 15) is 13.6 Å². The van der Waals surface area contributed by atoms with Crippen LogP contribution in [0, 0.1) is 11.6 Å². The molecule has 0 saturated heterocycles. The largest absolute Gasteiger partial charge is 0.474 e. The number of nitrogens with zero attached hydrogens (tertiary/aromatic N) is 1. The van der Waals surface area contributed by atoms with Crippen LogP contribution in [0.15, 0.2) is 35.4 Å². The Bertz CT molecular complexity index is 802. The highest BCUT2D eigenvalue weighted by Crippen LogP contribution is 2.36. The monoisotopic (exact) mass is 393 g/mol. The summed E-state index contributed by atoms with van der Waals surface area (Å²) in [5, 5.41) is -0.718. The molecule has 0 radical (unpaired) electrons. The van der Waals surface area contributed by atoms with Crippen molar-refractivity contribution in [3.63, 3.8) is 0 Å². The fourth-order valence-electron chi connectivity index (χ4n) is 3.09. The maximum atomic E-state index is 14.6. The van der Waals surface area contributed by atoms with Gasteiger partial charge in [-0.05, 0) is 62.4 Å². The molecule has 1 aromatic heterocycles. The van der Waals surface area contributed by atoms with Gasteiger partial charge in [0, 0.05) is 11.8 Å². The molecule has 1 atom stereocenters. The van der Waals surface area contributed by atoms with Crippen LogP contribution >= 0.6 is 11.8 Å². The third-order valence-corrected chi connectivity index (χ3v) is 5.66. The number of thioether (sulfide) groups is 1. The Morgan fingerprint density at radius 3 is 2.56 bits per heavy atom. The summed E-state index contributed by atoms with van der Waals surface area (Å²) < 4.78 is 39.7. The zero-order valence-corrected chi connectivity index (χ0v) is 16.0. The van der Waals surface area contributed by atoms with E-state index < -0.39 is 22.9 Å². The SMILES string of the molecule is COC(=O)C(C)Sc1c(F)cc(-c2cccnc2OC2CCCC2)cc1F. The van der Waals surface area contributed by atoms with E-state index in [0.29, 0.717) is 17.0 Å². The fraction of sp³-hybridized carbons (Fsp3) is 0.400. The van der Waals surface area contributed by atoms with Gasteiger partial charge in [-0.25, -0.2) is 13.8 Å². The molecule has 4 nitrogen and oxygen atoms in total. The van der Waals surface area contributed by atoms with Crippen molar-refractivity contribution < 1.29 is 23.0 Å². The molecule has 1 unspecified atom stereocenters. The Balaban J connectivity index is 1.89. The number of benzene rings is 1. The van der Waals surface area contributed by atoms with E-state index in [1.165, 1.54) is 26.2 Å². The van der Waals surface area contributed by atoms with Gasteiger partial charge in [0.25, 0.3) is 0 Å². The molecular weight excluding hydrogens is 372 g/mol. The van der Waals surface area contributed by atoms with Crippen LogP contribution in [0.4, 0.5) is 8.78 Å². The van der Waals surface area contributed by atoms with E-state index in [2.05, 4.69) is 9.72 Å². The molecule has 0 N–H and O–H groups in total. The molecule has 0 aliphatic heterocycles. The molecule has 27 heavy (non-hydrogen) atoms. The summed E-state index contributed by atoms with van der Waals surface area (Å²) in [5.74, 6) is -1.63. The molecule has 1 fully saturated rings. The van der Waals surface area contributed by atoms with Gasteiger partial charge in [0.2, 0.25) is 5.88 Å². The van der Waals surface area contributed by atoms with Crippen molar-refractivity contribution in [3.8, 4) is 17.0 Å². The van der Waals surface area contributed by atoms with Crippen molar-refractivity contribution in [1.82, 2.24) is 4.98 Å². The Hall–Kier alpha value is -2.15. The Morgan fingerprint density at radius 2 is 1.93 bits per heavy atom. The normalized spacial score (nSPS) is 15.6. The highest BCUT2D eigenvalue weighted by Gasteiger charge is 2.23. The summed E-state index contributed by atoms with van der Waals surface area (Å²) in [5.41, 5.74) is 0.890. The molecule has 0 spiro atoms. The Kier molecular flexibility index (Phi) is 6.31. The molecular formula is C20H21F2NO3S. The molecule has 3 rings (SSSR count). The molecule has 2 aromatic rings. The molecule has 1 aliphatic rings. The average Bonchev–Trinajstić information content (AvgIpc) is 3.17. The number of carbonyl (C=O) groups is 1. The number of esters is 1. The topological polar surface area (TPSA) is 48.4 Å². The molecule has 144 valence electrons. The number of rotatable bonds is 6. The summed E-state index contributed by atoms with van der Waals surface area (Å²) in [6, 6.07) is 5.92. The van der Waals surface area contributed by atoms with Crippen LogP contribution in [0.5, 0.6) is 5.88 Å². The standard InChI is InChI=1S/C20H21F2NO3S/c1-12(20(24)25-2)27-18-16(21)10-13(11-17(18)22)15-8-5-9-23-19(15)26-14-6-3-4-7-14/h5,8-12,14H,3-4,6-7H2,1-2H3. The summed E-state index contributed by atoms with van der Waals surface area (Å²) in [7, 11) is 1.24. The van der Waals surface area contributed by atoms with E-state index in [-0.39, 0.29) is 11.0 Å². The summed E-state index contributed by atoms with van der Waals surface area (Å²) in [4.78, 5) is 15.6. The van der Waals surface area contributed by atoms with Gasteiger partial charge in [-0.15, -0.1) is 11.8 Å². The minimum absolute atomic E-state index is 0.0871. The maximum Gasteiger partial charge on any atom is 0.318 e. The van der Waals surface area contributed by atoms with E-state index in [1.54, 1.807) is 18.3 Å². The smallest absolute Gasteiger partial charge is 0.318 e. The number of pyridine rings is 1. The third kappa shape index (κ3) is 4.58. The van der Waals surface area contributed by atoms with Gasteiger partial charge in [-0.2, -0.15) is 0 Å². The van der Waals surface area contributed by atoms with Crippen LogP contribution in [-0.4, -0.2) is 29.4 Å². The zero-order valence-electron chi connectivity index (χ0n) is 15.2. The fourth-order valence-corrected chi connectivity index (χ4v) is 3.98. The van der Waals surface area contributed by atoms with E-state index in [1.807, 2.05) is 0 Å². The lowest BCUT2D eigenvalue weighted by Gasteiger charge is -2.16. The van der Waals surface area contributed by atoms with Crippen LogP contribution in [0.1, 0.15) is 32.6 Å².